The zero-order chi connectivity index (χ0) is 14.7. The van der Waals surface area contributed by atoms with Crippen molar-refractivity contribution in [2.24, 2.45) is 0 Å². The van der Waals surface area contributed by atoms with Gasteiger partial charge in [0.25, 0.3) is 0 Å². The highest BCUT2D eigenvalue weighted by atomic mass is 16.6. The average molecular weight is 290 g/mol. The van der Waals surface area contributed by atoms with Gasteiger partial charge in [0, 0.05) is 0 Å². The van der Waals surface area contributed by atoms with Gasteiger partial charge in [0.1, 0.15) is 12.7 Å². The van der Waals surface area contributed by atoms with E-state index >= 15 is 0 Å². The number of nitrogens with zero attached hydrogens (tertiary/aromatic N) is 1. The van der Waals surface area contributed by atoms with Crippen LogP contribution >= 0.6 is 0 Å². The molecule has 3 rings (SSSR count). The van der Waals surface area contributed by atoms with Crippen LogP contribution in [0.25, 0.3) is 0 Å². The van der Waals surface area contributed by atoms with Crippen molar-refractivity contribution in [3.8, 4) is 11.5 Å². The zero-order valence-corrected chi connectivity index (χ0v) is 12.4. The van der Waals surface area contributed by atoms with Crippen molar-refractivity contribution in [3.05, 3.63) is 24.3 Å². The average Bonchev–Trinajstić information content (AvgIpc) is 3.06. The quantitative estimate of drug-likeness (QED) is 0.911. The highest BCUT2D eigenvalue weighted by Gasteiger charge is 2.26. The number of nitrogens with one attached hydrogen (secondary N) is 1. The lowest BCUT2D eigenvalue weighted by atomic mass is 10.2. The van der Waals surface area contributed by atoms with Crippen LogP contribution in [0.15, 0.2) is 24.3 Å². The van der Waals surface area contributed by atoms with Crippen LogP contribution in [-0.4, -0.2) is 49.2 Å². The minimum absolute atomic E-state index is 0.0655. The molecule has 1 N–H and O–H groups in total. The monoisotopic (exact) mass is 290 g/mol. The fraction of sp³-hybridized carbons (Fsp3) is 0.562. The Morgan fingerprint density at radius 2 is 2.05 bits per heavy atom. The Morgan fingerprint density at radius 1 is 1.33 bits per heavy atom. The normalized spacial score (nSPS) is 22.8. The largest absolute Gasteiger partial charge is 0.486 e. The van der Waals surface area contributed by atoms with E-state index in [4.69, 9.17) is 9.47 Å². The van der Waals surface area contributed by atoms with Crippen LogP contribution in [0.2, 0.25) is 0 Å². The molecule has 2 heterocycles. The second-order valence-electron chi connectivity index (χ2n) is 5.66. The number of rotatable bonds is 4. The molecule has 2 aliphatic rings. The number of para-hydroxylation sites is 2. The van der Waals surface area contributed by atoms with Crippen LogP contribution in [-0.2, 0) is 4.79 Å². The summed E-state index contributed by atoms with van der Waals surface area (Å²) in [6.07, 6.45) is 2.25. The second kappa shape index (κ2) is 6.35. The number of likely N-dealkylation sites (tertiary alicyclic amines) is 1. The number of amides is 1. The van der Waals surface area contributed by atoms with Gasteiger partial charge in [-0.3, -0.25) is 9.69 Å². The molecule has 1 fully saturated rings. The van der Waals surface area contributed by atoms with E-state index in [1.54, 1.807) is 0 Å². The summed E-state index contributed by atoms with van der Waals surface area (Å²) in [5.74, 6) is 1.58. The van der Waals surface area contributed by atoms with E-state index in [0.717, 1.165) is 24.6 Å². The lowest BCUT2D eigenvalue weighted by Crippen LogP contribution is -2.48. The van der Waals surface area contributed by atoms with E-state index in [1.165, 1.54) is 12.8 Å². The molecule has 1 aromatic rings. The maximum Gasteiger partial charge on any atom is 0.237 e. The summed E-state index contributed by atoms with van der Waals surface area (Å²) >= 11 is 0. The van der Waals surface area contributed by atoms with E-state index in [-0.39, 0.29) is 18.1 Å². The van der Waals surface area contributed by atoms with Crippen LogP contribution in [0, 0.1) is 0 Å². The summed E-state index contributed by atoms with van der Waals surface area (Å²) in [7, 11) is 0. The third kappa shape index (κ3) is 3.29. The van der Waals surface area contributed by atoms with Crippen molar-refractivity contribution in [1.82, 2.24) is 10.2 Å². The SMILES string of the molecule is C[C@H](C(=O)NC[C@H]1COc2ccccc2O1)N1CCCC1. The Morgan fingerprint density at radius 3 is 2.81 bits per heavy atom. The summed E-state index contributed by atoms with van der Waals surface area (Å²) in [6.45, 7) is 4.95. The first-order valence-corrected chi connectivity index (χ1v) is 7.64. The van der Waals surface area contributed by atoms with Gasteiger partial charge < -0.3 is 14.8 Å². The Kier molecular flexibility index (Phi) is 4.29. The molecule has 5 nitrogen and oxygen atoms in total. The van der Waals surface area contributed by atoms with Crippen LogP contribution in [0.5, 0.6) is 11.5 Å². The number of hydrogen-bond donors (Lipinski definition) is 1. The van der Waals surface area contributed by atoms with Crippen LogP contribution < -0.4 is 14.8 Å². The standard InChI is InChI=1S/C16H22N2O3/c1-12(18-8-4-5-9-18)16(19)17-10-13-11-20-14-6-2-3-7-15(14)21-13/h2-3,6-7,12-13H,4-5,8-11H2,1H3,(H,17,19)/t12-,13+/m1/s1. The Balaban J connectivity index is 1.48. The molecule has 0 aliphatic carbocycles. The van der Waals surface area contributed by atoms with Gasteiger partial charge in [-0.05, 0) is 45.0 Å². The van der Waals surface area contributed by atoms with E-state index in [0.29, 0.717) is 13.2 Å². The number of ether oxygens (including phenoxy) is 2. The first-order valence-electron chi connectivity index (χ1n) is 7.64. The number of hydrogen-bond acceptors (Lipinski definition) is 4. The maximum atomic E-state index is 12.2. The Hall–Kier alpha value is -1.75. The predicted molar refractivity (Wildman–Crippen MR) is 79.6 cm³/mol. The van der Waals surface area contributed by atoms with Crippen molar-refractivity contribution in [3.63, 3.8) is 0 Å². The fourth-order valence-corrected chi connectivity index (χ4v) is 2.82. The second-order valence-corrected chi connectivity index (χ2v) is 5.66. The molecule has 1 aromatic carbocycles. The predicted octanol–water partition coefficient (Wildman–Crippen LogP) is 1.43. The van der Waals surface area contributed by atoms with Gasteiger partial charge in [0.05, 0.1) is 12.6 Å². The smallest absolute Gasteiger partial charge is 0.237 e. The van der Waals surface area contributed by atoms with Crippen molar-refractivity contribution < 1.29 is 14.3 Å². The van der Waals surface area contributed by atoms with Crippen LogP contribution in [0.3, 0.4) is 0 Å². The van der Waals surface area contributed by atoms with Crippen molar-refractivity contribution in [2.75, 3.05) is 26.2 Å². The number of fused-ring (bicyclic) bond motifs is 1. The van der Waals surface area contributed by atoms with Gasteiger partial charge in [-0.1, -0.05) is 12.1 Å². The fourth-order valence-electron chi connectivity index (χ4n) is 2.82. The summed E-state index contributed by atoms with van der Waals surface area (Å²) in [5, 5.41) is 2.97. The third-order valence-corrected chi connectivity index (χ3v) is 4.14. The van der Waals surface area contributed by atoms with Crippen molar-refractivity contribution >= 4 is 5.91 Å². The maximum absolute atomic E-state index is 12.2. The molecule has 21 heavy (non-hydrogen) atoms. The van der Waals surface area contributed by atoms with Gasteiger partial charge in [-0.2, -0.15) is 0 Å². The minimum atomic E-state index is -0.130. The first kappa shape index (κ1) is 14.2. The molecule has 0 saturated carbocycles. The van der Waals surface area contributed by atoms with E-state index in [1.807, 2.05) is 31.2 Å². The molecule has 0 spiro atoms. The van der Waals surface area contributed by atoms with Gasteiger partial charge in [-0.15, -0.1) is 0 Å². The molecule has 0 radical (unpaired) electrons. The molecule has 0 bridgehead atoms. The topological polar surface area (TPSA) is 50.8 Å². The molecule has 2 aliphatic heterocycles. The Bertz CT molecular complexity index is 500. The Labute approximate surface area is 125 Å². The van der Waals surface area contributed by atoms with E-state index in [9.17, 15) is 4.79 Å². The van der Waals surface area contributed by atoms with Crippen molar-refractivity contribution in [2.45, 2.75) is 31.9 Å². The molecule has 2 atom stereocenters. The molecule has 0 aromatic heterocycles. The lowest BCUT2D eigenvalue weighted by molar-refractivity contribution is -0.126. The first-order chi connectivity index (χ1) is 10.2. The van der Waals surface area contributed by atoms with Crippen molar-refractivity contribution in [1.29, 1.82) is 0 Å². The molecule has 0 unspecified atom stereocenters. The lowest BCUT2D eigenvalue weighted by Gasteiger charge is -2.28. The van der Waals surface area contributed by atoms with E-state index < -0.39 is 0 Å². The summed E-state index contributed by atoms with van der Waals surface area (Å²) in [5.41, 5.74) is 0. The number of benzene rings is 1. The van der Waals surface area contributed by atoms with E-state index in [2.05, 4.69) is 10.2 Å². The highest BCUT2D eigenvalue weighted by molar-refractivity contribution is 5.81. The molecule has 5 heteroatoms. The number of carbonyl (C=O) groups is 1. The molecule has 1 saturated heterocycles. The molecular formula is C16H22N2O3. The third-order valence-electron chi connectivity index (χ3n) is 4.14. The van der Waals surface area contributed by atoms with Gasteiger partial charge in [0.15, 0.2) is 11.5 Å². The highest BCUT2D eigenvalue weighted by Crippen LogP contribution is 2.30. The minimum Gasteiger partial charge on any atom is -0.486 e. The summed E-state index contributed by atoms with van der Waals surface area (Å²) < 4.78 is 11.5. The molecule has 1 amide bonds. The van der Waals surface area contributed by atoms with Gasteiger partial charge >= 0.3 is 0 Å². The van der Waals surface area contributed by atoms with Gasteiger partial charge in [0.2, 0.25) is 5.91 Å². The van der Waals surface area contributed by atoms with Crippen LogP contribution in [0.4, 0.5) is 0 Å². The number of carbonyl (C=O) groups excluding carboxylic acids is 1. The summed E-state index contributed by atoms with van der Waals surface area (Å²) in [4.78, 5) is 14.4. The van der Waals surface area contributed by atoms with Gasteiger partial charge in [-0.25, -0.2) is 0 Å². The van der Waals surface area contributed by atoms with Crippen LogP contribution in [0.1, 0.15) is 19.8 Å². The summed E-state index contributed by atoms with van der Waals surface area (Å²) in [6, 6.07) is 7.54. The zero-order valence-electron chi connectivity index (χ0n) is 12.4. The molecule has 114 valence electrons. The molecular weight excluding hydrogens is 268 g/mol.